The largest absolute Gasteiger partial charge is 0.379 e. The standard InChI is InChI=1S/C14H27N3O2/c1-4-7-8-11(6-3)14-16-13(17-19-14)12(15)10-18-9-5-2/h11-12H,4-10,15H2,1-3H3. The molecule has 5 heteroatoms. The summed E-state index contributed by atoms with van der Waals surface area (Å²) in [6, 6.07) is -0.298. The molecule has 2 atom stereocenters. The van der Waals surface area contributed by atoms with Gasteiger partial charge in [-0.3, -0.25) is 0 Å². The van der Waals surface area contributed by atoms with E-state index in [9.17, 15) is 0 Å². The molecule has 0 bridgehead atoms. The second-order valence-corrected chi connectivity index (χ2v) is 4.92. The fraction of sp³-hybridized carbons (Fsp3) is 0.857. The van der Waals surface area contributed by atoms with Crippen LogP contribution in [0, 0.1) is 0 Å². The number of nitrogens with two attached hydrogens (primary N) is 1. The Morgan fingerprint density at radius 1 is 1.26 bits per heavy atom. The molecule has 19 heavy (non-hydrogen) atoms. The van der Waals surface area contributed by atoms with Gasteiger partial charge in [-0.25, -0.2) is 0 Å². The summed E-state index contributed by atoms with van der Waals surface area (Å²) < 4.78 is 10.8. The van der Waals surface area contributed by atoms with Crippen molar-refractivity contribution in [2.75, 3.05) is 13.2 Å². The second-order valence-electron chi connectivity index (χ2n) is 4.92. The number of rotatable bonds is 10. The van der Waals surface area contributed by atoms with Gasteiger partial charge in [-0.15, -0.1) is 0 Å². The molecule has 0 radical (unpaired) electrons. The van der Waals surface area contributed by atoms with E-state index in [2.05, 4.69) is 30.9 Å². The molecule has 1 heterocycles. The number of ether oxygens (including phenoxy) is 1. The maximum Gasteiger partial charge on any atom is 0.229 e. The topological polar surface area (TPSA) is 74.2 Å². The minimum atomic E-state index is -0.298. The van der Waals surface area contributed by atoms with E-state index >= 15 is 0 Å². The van der Waals surface area contributed by atoms with Crippen LogP contribution in [0.1, 0.15) is 76.6 Å². The van der Waals surface area contributed by atoms with Crippen LogP contribution < -0.4 is 5.73 Å². The highest BCUT2D eigenvalue weighted by atomic mass is 16.5. The molecular formula is C14H27N3O2. The average molecular weight is 269 g/mol. The Morgan fingerprint density at radius 2 is 2.05 bits per heavy atom. The minimum absolute atomic E-state index is 0.298. The predicted molar refractivity (Wildman–Crippen MR) is 74.9 cm³/mol. The third-order valence-electron chi connectivity index (χ3n) is 3.18. The second kappa shape index (κ2) is 9.04. The molecule has 0 spiro atoms. The molecule has 1 rings (SSSR count). The maximum absolute atomic E-state index is 5.98. The van der Waals surface area contributed by atoms with Gasteiger partial charge in [0.15, 0.2) is 5.82 Å². The molecule has 0 aliphatic carbocycles. The molecule has 2 N–H and O–H groups in total. The highest BCUT2D eigenvalue weighted by Gasteiger charge is 2.19. The molecule has 0 saturated heterocycles. The Bertz CT molecular complexity index is 341. The molecule has 0 aliphatic heterocycles. The Balaban J connectivity index is 2.54. The van der Waals surface area contributed by atoms with Gasteiger partial charge in [0.05, 0.1) is 12.6 Å². The van der Waals surface area contributed by atoms with Gasteiger partial charge in [-0.2, -0.15) is 4.98 Å². The summed E-state index contributed by atoms with van der Waals surface area (Å²) in [6.45, 7) is 7.56. The summed E-state index contributed by atoms with van der Waals surface area (Å²) >= 11 is 0. The van der Waals surface area contributed by atoms with Gasteiger partial charge in [-0.05, 0) is 19.3 Å². The van der Waals surface area contributed by atoms with E-state index in [1.807, 2.05) is 0 Å². The summed E-state index contributed by atoms with van der Waals surface area (Å²) in [5, 5.41) is 3.98. The first-order valence-electron chi connectivity index (χ1n) is 7.39. The summed E-state index contributed by atoms with van der Waals surface area (Å²) in [5.74, 6) is 1.63. The molecular weight excluding hydrogens is 242 g/mol. The monoisotopic (exact) mass is 269 g/mol. The predicted octanol–water partition coefficient (Wildman–Crippen LogP) is 3.18. The SMILES string of the molecule is CCCCC(CC)c1nc(C(N)COCCC)no1. The molecule has 110 valence electrons. The molecule has 2 unspecified atom stereocenters. The van der Waals surface area contributed by atoms with Crippen molar-refractivity contribution in [1.82, 2.24) is 10.1 Å². The van der Waals surface area contributed by atoms with Crippen molar-refractivity contribution in [3.05, 3.63) is 11.7 Å². The average Bonchev–Trinajstić information content (AvgIpc) is 2.89. The molecule has 0 amide bonds. The third kappa shape index (κ3) is 5.28. The fourth-order valence-corrected chi connectivity index (χ4v) is 1.95. The maximum atomic E-state index is 5.98. The van der Waals surface area contributed by atoms with Gasteiger partial charge < -0.3 is 15.0 Å². The van der Waals surface area contributed by atoms with Crippen LogP contribution in [0.4, 0.5) is 0 Å². The zero-order chi connectivity index (χ0) is 14.1. The van der Waals surface area contributed by atoms with E-state index in [0.29, 0.717) is 25.0 Å². The van der Waals surface area contributed by atoms with Crippen LogP contribution in [0.25, 0.3) is 0 Å². The van der Waals surface area contributed by atoms with E-state index in [-0.39, 0.29) is 6.04 Å². The van der Waals surface area contributed by atoms with Gasteiger partial charge in [0, 0.05) is 12.5 Å². The van der Waals surface area contributed by atoms with Crippen molar-refractivity contribution in [1.29, 1.82) is 0 Å². The molecule has 0 saturated carbocycles. The number of unbranched alkanes of at least 4 members (excludes halogenated alkanes) is 1. The van der Waals surface area contributed by atoms with Crippen molar-refractivity contribution in [3.63, 3.8) is 0 Å². The summed E-state index contributed by atoms with van der Waals surface area (Å²) in [4.78, 5) is 4.43. The van der Waals surface area contributed by atoms with Crippen molar-refractivity contribution < 1.29 is 9.26 Å². The Labute approximate surface area is 115 Å². The van der Waals surface area contributed by atoms with E-state index in [1.165, 1.54) is 12.8 Å². The van der Waals surface area contributed by atoms with E-state index in [0.717, 1.165) is 25.2 Å². The molecule has 0 fully saturated rings. The van der Waals surface area contributed by atoms with Crippen LogP contribution in [-0.2, 0) is 4.74 Å². The lowest BCUT2D eigenvalue weighted by atomic mass is 9.99. The quantitative estimate of drug-likeness (QED) is 0.660. The number of hydrogen-bond acceptors (Lipinski definition) is 5. The first-order chi connectivity index (χ1) is 9.22. The van der Waals surface area contributed by atoms with Crippen LogP contribution in [0.3, 0.4) is 0 Å². The fourth-order valence-electron chi connectivity index (χ4n) is 1.95. The highest BCUT2D eigenvalue weighted by molar-refractivity contribution is 4.97. The van der Waals surface area contributed by atoms with Crippen LogP contribution in [0.15, 0.2) is 4.52 Å². The molecule has 0 aliphatic rings. The highest BCUT2D eigenvalue weighted by Crippen LogP contribution is 2.24. The Morgan fingerprint density at radius 3 is 2.68 bits per heavy atom. The zero-order valence-corrected chi connectivity index (χ0v) is 12.4. The van der Waals surface area contributed by atoms with Crippen LogP contribution >= 0.6 is 0 Å². The van der Waals surface area contributed by atoms with E-state index in [4.69, 9.17) is 15.0 Å². The number of aromatic nitrogens is 2. The van der Waals surface area contributed by atoms with Crippen molar-refractivity contribution in [2.45, 2.75) is 64.8 Å². The van der Waals surface area contributed by atoms with Crippen molar-refractivity contribution in [3.8, 4) is 0 Å². The van der Waals surface area contributed by atoms with Gasteiger partial charge in [0.1, 0.15) is 0 Å². The molecule has 5 nitrogen and oxygen atoms in total. The van der Waals surface area contributed by atoms with Gasteiger partial charge >= 0.3 is 0 Å². The lowest BCUT2D eigenvalue weighted by molar-refractivity contribution is 0.119. The van der Waals surface area contributed by atoms with Gasteiger partial charge in [0.25, 0.3) is 0 Å². The Hall–Kier alpha value is -0.940. The van der Waals surface area contributed by atoms with Crippen LogP contribution in [0.2, 0.25) is 0 Å². The van der Waals surface area contributed by atoms with E-state index in [1.54, 1.807) is 0 Å². The van der Waals surface area contributed by atoms with Crippen LogP contribution in [0.5, 0.6) is 0 Å². The van der Waals surface area contributed by atoms with Gasteiger partial charge in [0.2, 0.25) is 5.89 Å². The molecule has 0 aromatic carbocycles. The van der Waals surface area contributed by atoms with Crippen molar-refractivity contribution >= 4 is 0 Å². The smallest absolute Gasteiger partial charge is 0.229 e. The molecule has 1 aromatic rings. The summed E-state index contributed by atoms with van der Waals surface area (Å²) in [5.41, 5.74) is 5.98. The summed E-state index contributed by atoms with van der Waals surface area (Å²) in [6.07, 6.45) is 5.46. The first kappa shape index (κ1) is 16.1. The normalized spacial score (nSPS) is 14.5. The zero-order valence-electron chi connectivity index (χ0n) is 12.4. The lowest BCUT2D eigenvalue weighted by Gasteiger charge is -2.09. The lowest BCUT2D eigenvalue weighted by Crippen LogP contribution is -2.19. The first-order valence-corrected chi connectivity index (χ1v) is 7.39. The minimum Gasteiger partial charge on any atom is -0.379 e. The number of hydrogen-bond donors (Lipinski definition) is 1. The summed E-state index contributed by atoms with van der Waals surface area (Å²) in [7, 11) is 0. The van der Waals surface area contributed by atoms with Gasteiger partial charge in [-0.1, -0.05) is 38.8 Å². The third-order valence-corrected chi connectivity index (χ3v) is 3.18. The Kier molecular flexibility index (Phi) is 7.67. The van der Waals surface area contributed by atoms with Crippen molar-refractivity contribution in [2.24, 2.45) is 5.73 Å². The number of nitrogens with zero attached hydrogens (tertiary/aromatic N) is 2. The van der Waals surface area contributed by atoms with E-state index < -0.39 is 0 Å². The van der Waals surface area contributed by atoms with Crippen LogP contribution in [-0.4, -0.2) is 23.4 Å². The molecule has 1 aromatic heterocycles.